The Bertz CT molecular complexity index is 1020. The van der Waals surface area contributed by atoms with Crippen molar-refractivity contribution < 1.29 is 9.47 Å². The molecule has 0 aliphatic carbocycles. The van der Waals surface area contributed by atoms with Gasteiger partial charge < -0.3 is 9.47 Å². The molecule has 0 N–H and O–H groups in total. The highest BCUT2D eigenvalue weighted by Gasteiger charge is 2.10. The third-order valence-corrected chi connectivity index (χ3v) is 7.67. The van der Waals surface area contributed by atoms with E-state index in [1.54, 1.807) is 0 Å². The molecule has 0 aromatic heterocycles. The fraction of sp³-hybridized carbons (Fsp3) is 0.514. The smallest absolute Gasteiger partial charge is 0.119 e. The van der Waals surface area contributed by atoms with Gasteiger partial charge in [0.05, 0.1) is 12.7 Å². The SMILES string of the molecule is CCCCCCCCCCCOc1ccc(-c2ccccc2-c2ccc(C(C)OCCCCCC)cc2)cc1. The van der Waals surface area contributed by atoms with Crippen LogP contribution in [0.1, 0.15) is 116 Å². The van der Waals surface area contributed by atoms with Gasteiger partial charge in [0.1, 0.15) is 5.75 Å². The third kappa shape index (κ3) is 11.2. The van der Waals surface area contributed by atoms with Gasteiger partial charge in [0.2, 0.25) is 0 Å². The van der Waals surface area contributed by atoms with E-state index in [4.69, 9.17) is 9.47 Å². The summed E-state index contributed by atoms with van der Waals surface area (Å²) in [7, 11) is 0. The van der Waals surface area contributed by atoms with Crippen molar-refractivity contribution in [1.29, 1.82) is 0 Å². The second-order valence-corrected chi connectivity index (χ2v) is 10.9. The summed E-state index contributed by atoms with van der Waals surface area (Å²) in [6.07, 6.45) is 17.1. The van der Waals surface area contributed by atoms with Crippen LogP contribution < -0.4 is 4.74 Å². The number of rotatable bonds is 20. The molecule has 0 radical (unpaired) electrons. The minimum absolute atomic E-state index is 0.124. The van der Waals surface area contributed by atoms with Gasteiger partial charge in [-0.25, -0.2) is 0 Å². The molecule has 1 unspecified atom stereocenters. The third-order valence-electron chi connectivity index (χ3n) is 7.67. The van der Waals surface area contributed by atoms with Crippen LogP contribution in [0.3, 0.4) is 0 Å². The molecule has 3 aromatic carbocycles. The second-order valence-electron chi connectivity index (χ2n) is 10.9. The molecule has 0 amide bonds. The molecule has 0 fully saturated rings. The Labute approximate surface area is 239 Å². The van der Waals surface area contributed by atoms with Crippen LogP contribution in [0.25, 0.3) is 22.3 Å². The molecule has 39 heavy (non-hydrogen) atoms. The maximum absolute atomic E-state index is 6.08. The molecular weight excluding hydrogens is 476 g/mol. The maximum Gasteiger partial charge on any atom is 0.119 e. The molecular formula is C37H52O2. The van der Waals surface area contributed by atoms with Crippen molar-refractivity contribution >= 4 is 0 Å². The Hall–Kier alpha value is -2.58. The lowest BCUT2D eigenvalue weighted by molar-refractivity contribution is 0.0628. The number of hydrogen-bond acceptors (Lipinski definition) is 2. The fourth-order valence-electron chi connectivity index (χ4n) is 5.14. The van der Waals surface area contributed by atoms with E-state index in [2.05, 4.69) is 93.6 Å². The first-order valence-corrected chi connectivity index (χ1v) is 15.8. The van der Waals surface area contributed by atoms with Gasteiger partial charge in [0.15, 0.2) is 0 Å². The van der Waals surface area contributed by atoms with Gasteiger partial charge in [-0.2, -0.15) is 0 Å². The highest BCUT2D eigenvalue weighted by molar-refractivity contribution is 5.83. The molecule has 0 spiro atoms. The van der Waals surface area contributed by atoms with E-state index >= 15 is 0 Å². The van der Waals surface area contributed by atoms with E-state index in [0.717, 1.165) is 31.8 Å². The van der Waals surface area contributed by atoms with Crippen molar-refractivity contribution in [3.05, 3.63) is 78.4 Å². The van der Waals surface area contributed by atoms with Crippen LogP contribution in [0.15, 0.2) is 72.8 Å². The zero-order valence-corrected chi connectivity index (χ0v) is 24.9. The van der Waals surface area contributed by atoms with E-state index in [1.807, 2.05) is 0 Å². The molecule has 0 aliphatic rings. The zero-order valence-electron chi connectivity index (χ0n) is 24.9. The molecule has 0 saturated heterocycles. The quantitative estimate of drug-likeness (QED) is 0.136. The normalized spacial score (nSPS) is 12.0. The van der Waals surface area contributed by atoms with Gasteiger partial charge in [-0.3, -0.25) is 0 Å². The van der Waals surface area contributed by atoms with Gasteiger partial charge in [0, 0.05) is 6.61 Å². The van der Waals surface area contributed by atoms with Crippen LogP contribution in [0.5, 0.6) is 5.75 Å². The van der Waals surface area contributed by atoms with Crippen molar-refractivity contribution in [3.63, 3.8) is 0 Å². The van der Waals surface area contributed by atoms with Crippen LogP contribution in [0, 0.1) is 0 Å². The molecule has 0 saturated carbocycles. The highest BCUT2D eigenvalue weighted by atomic mass is 16.5. The van der Waals surface area contributed by atoms with E-state index in [9.17, 15) is 0 Å². The Balaban J connectivity index is 1.48. The lowest BCUT2D eigenvalue weighted by Crippen LogP contribution is -2.01. The van der Waals surface area contributed by atoms with E-state index in [-0.39, 0.29) is 6.10 Å². The number of ether oxygens (including phenoxy) is 2. The summed E-state index contributed by atoms with van der Waals surface area (Å²) in [5.41, 5.74) is 6.18. The molecule has 2 heteroatoms. The van der Waals surface area contributed by atoms with Crippen LogP contribution in [0.2, 0.25) is 0 Å². The van der Waals surface area contributed by atoms with Gasteiger partial charge in [-0.05, 0) is 59.7 Å². The summed E-state index contributed by atoms with van der Waals surface area (Å²) in [4.78, 5) is 0. The average molecular weight is 529 g/mol. The second kappa shape index (κ2) is 18.7. The van der Waals surface area contributed by atoms with Crippen molar-refractivity contribution in [2.45, 2.75) is 110 Å². The van der Waals surface area contributed by atoms with E-state index in [1.165, 1.54) is 98.4 Å². The lowest BCUT2D eigenvalue weighted by atomic mass is 9.94. The standard InChI is InChI=1S/C37H52O2/c1-4-6-8-10-11-12-13-14-18-30-39-35-27-25-34(26-28-35)37-20-16-15-19-36(37)33-23-21-32(22-24-33)31(3)38-29-17-9-7-5-2/h15-16,19-28,31H,4-14,17-18,29-30H2,1-3H3. The van der Waals surface area contributed by atoms with Gasteiger partial charge in [0.25, 0.3) is 0 Å². The van der Waals surface area contributed by atoms with Crippen LogP contribution in [0.4, 0.5) is 0 Å². The van der Waals surface area contributed by atoms with Gasteiger partial charge in [-0.15, -0.1) is 0 Å². The topological polar surface area (TPSA) is 18.5 Å². The Morgan fingerprint density at radius 2 is 0.974 bits per heavy atom. The van der Waals surface area contributed by atoms with Gasteiger partial charge in [-0.1, -0.05) is 145 Å². The Kier molecular flexibility index (Phi) is 14.8. The van der Waals surface area contributed by atoms with Crippen LogP contribution in [-0.2, 0) is 4.74 Å². The molecule has 0 bridgehead atoms. The minimum Gasteiger partial charge on any atom is -0.494 e. The zero-order chi connectivity index (χ0) is 27.5. The first kappa shape index (κ1) is 31.0. The summed E-state index contributed by atoms with van der Waals surface area (Å²) in [5.74, 6) is 0.962. The van der Waals surface area contributed by atoms with Crippen molar-refractivity contribution in [2.24, 2.45) is 0 Å². The van der Waals surface area contributed by atoms with Crippen molar-refractivity contribution in [2.75, 3.05) is 13.2 Å². The number of hydrogen-bond donors (Lipinski definition) is 0. The summed E-state index contributed by atoms with van der Waals surface area (Å²) in [6.45, 7) is 8.32. The molecule has 3 rings (SSSR count). The summed E-state index contributed by atoms with van der Waals surface area (Å²) < 4.78 is 12.1. The molecule has 212 valence electrons. The number of unbranched alkanes of at least 4 members (excludes halogenated alkanes) is 11. The largest absolute Gasteiger partial charge is 0.494 e. The average Bonchev–Trinajstić information content (AvgIpc) is 2.98. The predicted molar refractivity (Wildman–Crippen MR) is 169 cm³/mol. The van der Waals surface area contributed by atoms with E-state index in [0.29, 0.717) is 0 Å². The van der Waals surface area contributed by atoms with Crippen LogP contribution in [-0.4, -0.2) is 13.2 Å². The van der Waals surface area contributed by atoms with Crippen LogP contribution >= 0.6 is 0 Å². The molecule has 1 atom stereocenters. The highest BCUT2D eigenvalue weighted by Crippen LogP contribution is 2.33. The molecule has 0 heterocycles. The predicted octanol–water partition coefficient (Wildman–Crippen LogP) is 11.6. The lowest BCUT2D eigenvalue weighted by Gasteiger charge is -2.15. The maximum atomic E-state index is 6.08. The Morgan fingerprint density at radius 3 is 1.54 bits per heavy atom. The Morgan fingerprint density at radius 1 is 0.513 bits per heavy atom. The summed E-state index contributed by atoms with van der Waals surface area (Å²) in [6, 6.07) is 26.2. The van der Waals surface area contributed by atoms with Crippen molar-refractivity contribution in [3.8, 4) is 28.0 Å². The fourth-order valence-corrected chi connectivity index (χ4v) is 5.14. The minimum atomic E-state index is 0.124. The molecule has 0 aliphatic heterocycles. The first-order valence-electron chi connectivity index (χ1n) is 15.8. The van der Waals surface area contributed by atoms with Crippen molar-refractivity contribution in [1.82, 2.24) is 0 Å². The summed E-state index contributed by atoms with van der Waals surface area (Å²) in [5, 5.41) is 0. The molecule has 3 aromatic rings. The monoisotopic (exact) mass is 528 g/mol. The first-order chi connectivity index (χ1) is 19.2. The number of benzene rings is 3. The molecule has 2 nitrogen and oxygen atoms in total. The van der Waals surface area contributed by atoms with E-state index < -0.39 is 0 Å². The van der Waals surface area contributed by atoms with Gasteiger partial charge >= 0.3 is 0 Å². The summed E-state index contributed by atoms with van der Waals surface area (Å²) >= 11 is 0.